The van der Waals surface area contributed by atoms with E-state index in [-0.39, 0.29) is 12.1 Å². The fourth-order valence-electron chi connectivity index (χ4n) is 1.21. The van der Waals surface area contributed by atoms with Crippen LogP contribution in [0, 0.1) is 0 Å². The Balaban J connectivity index is 2.50. The Bertz CT molecular complexity index is 267. The van der Waals surface area contributed by atoms with Crippen LogP contribution in [0.3, 0.4) is 0 Å². The van der Waals surface area contributed by atoms with Gasteiger partial charge in [0, 0.05) is 26.4 Å². The molecule has 2 unspecified atom stereocenters. The van der Waals surface area contributed by atoms with Crippen molar-refractivity contribution in [1.82, 2.24) is 15.3 Å². The fraction of sp³-hybridized carbons (Fsp3) is 0.600. The lowest BCUT2D eigenvalue weighted by molar-refractivity contribution is 0.114. The predicted molar refractivity (Wildman–Crippen MR) is 58.3 cm³/mol. The zero-order valence-electron chi connectivity index (χ0n) is 9.18. The molecule has 0 fully saturated rings. The summed E-state index contributed by atoms with van der Waals surface area (Å²) in [5.41, 5.74) is 6.58. The molecule has 3 N–H and O–H groups in total. The zero-order valence-corrected chi connectivity index (χ0v) is 9.18. The van der Waals surface area contributed by atoms with Crippen LogP contribution in [0.15, 0.2) is 18.6 Å². The number of hydrogen-bond acceptors (Lipinski definition) is 5. The summed E-state index contributed by atoms with van der Waals surface area (Å²) < 4.78 is 5.14. The lowest BCUT2D eigenvalue weighted by Gasteiger charge is -2.18. The molecule has 1 rings (SSSR count). The molecule has 1 aromatic heterocycles. The van der Waals surface area contributed by atoms with E-state index in [0.717, 1.165) is 12.2 Å². The van der Waals surface area contributed by atoms with Crippen molar-refractivity contribution in [2.75, 3.05) is 20.2 Å². The van der Waals surface area contributed by atoms with Crippen molar-refractivity contribution < 1.29 is 4.74 Å². The fourth-order valence-corrected chi connectivity index (χ4v) is 1.21. The van der Waals surface area contributed by atoms with E-state index >= 15 is 0 Å². The van der Waals surface area contributed by atoms with Crippen LogP contribution in [-0.2, 0) is 4.74 Å². The third-order valence-electron chi connectivity index (χ3n) is 2.25. The number of hydrogen-bond donors (Lipinski definition) is 2. The molecule has 0 saturated heterocycles. The van der Waals surface area contributed by atoms with Crippen LogP contribution in [0.4, 0.5) is 0 Å². The Morgan fingerprint density at radius 1 is 1.60 bits per heavy atom. The molecule has 0 radical (unpaired) electrons. The van der Waals surface area contributed by atoms with Gasteiger partial charge in [-0.25, -0.2) is 9.97 Å². The van der Waals surface area contributed by atoms with E-state index in [2.05, 4.69) is 15.3 Å². The minimum atomic E-state index is 0.0607. The van der Waals surface area contributed by atoms with Gasteiger partial charge in [0.25, 0.3) is 0 Å². The van der Waals surface area contributed by atoms with Gasteiger partial charge in [-0.2, -0.15) is 0 Å². The van der Waals surface area contributed by atoms with Crippen molar-refractivity contribution in [3.8, 4) is 0 Å². The molecular weight excluding hydrogens is 192 g/mol. The molecule has 0 aliphatic carbocycles. The number of methoxy groups -OCH3 is 1. The quantitative estimate of drug-likeness (QED) is 0.696. The van der Waals surface area contributed by atoms with Gasteiger partial charge < -0.3 is 15.8 Å². The van der Waals surface area contributed by atoms with E-state index in [1.165, 1.54) is 6.33 Å². The van der Waals surface area contributed by atoms with Gasteiger partial charge in [0.1, 0.15) is 6.33 Å². The van der Waals surface area contributed by atoms with Crippen molar-refractivity contribution in [1.29, 1.82) is 0 Å². The standard InChI is InChI=1S/C10H18N4O/c1-8(15-2)6-13-10(5-11)9-3-4-12-7-14-9/h3-4,7-8,10,13H,5-6,11H2,1-2H3. The summed E-state index contributed by atoms with van der Waals surface area (Å²) in [5, 5.41) is 3.30. The van der Waals surface area contributed by atoms with Gasteiger partial charge in [0.05, 0.1) is 17.8 Å². The van der Waals surface area contributed by atoms with Crippen molar-refractivity contribution in [2.45, 2.75) is 19.1 Å². The first kappa shape index (κ1) is 12.0. The highest BCUT2D eigenvalue weighted by Gasteiger charge is 2.11. The largest absolute Gasteiger partial charge is 0.380 e. The van der Waals surface area contributed by atoms with E-state index in [0.29, 0.717) is 6.54 Å². The number of aromatic nitrogens is 2. The molecule has 1 heterocycles. The van der Waals surface area contributed by atoms with Gasteiger partial charge in [-0.05, 0) is 13.0 Å². The average molecular weight is 210 g/mol. The van der Waals surface area contributed by atoms with E-state index in [1.807, 2.05) is 13.0 Å². The van der Waals surface area contributed by atoms with Crippen LogP contribution in [0.1, 0.15) is 18.7 Å². The molecule has 5 heteroatoms. The zero-order chi connectivity index (χ0) is 11.1. The summed E-state index contributed by atoms with van der Waals surface area (Å²) in [7, 11) is 1.69. The van der Waals surface area contributed by atoms with Crippen molar-refractivity contribution in [2.24, 2.45) is 5.73 Å². The molecule has 0 aromatic carbocycles. The maximum atomic E-state index is 5.67. The molecule has 2 atom stereocenters. The number of nitrogens with one attached hydrogen (secondary N) is 1. The maximum Gasteiger partial charge on any atom is 0.115 e. The van der Waals surface area contributed by atoms with Gasteiger partial charge in [0.2, 0.25) is 0 Å². The van der Waals surface area contributed by atoms with Crippen molar-refractivity contribution >= 4 is 0 Å². The van der Waals surface area contributed by atoms with E-state index in [9.17, 15) is 0 Å². The Morgan fingerprint density at radius 3 is 2.93 bits per heavy atom. The van der Waals surface area contributed by atoms with Gasteiger partial charge in [-0.1, -0.05) is 0 Å². The molecule has 15 heavy (non-hydrogen) atoms. The van der Waals surface area contributed by atoms with Crippen molar-refractivity contribution in [3.63, 3.8) is 0 Å². The molecule has 0 bridgehead atoms. The van der Waals surface area contributed by atoms with Gasteiger partial charge in [0.15, 0.2) is 0 Å². The second kappa shape index (κ2) is 6.44. The predicted octanol–water partition coefficient (Wildman–Crippen LogP) is 0.101. The van der Waals surface area contributed by atoms with Crippen LogP contribution in [0.5, 0.6) is 0 Å². The van der Waals surface area contributed by atoms with Crippen LogP contribution < -0.4 is 11.1 Å². The minimum absolute atomic E-state index is 0.0607. The summed E-state index contributed by atoms with van der Waals surface area (Å²) in [5.74, 6) is 0. The molecule has 0 aliphatic rings. The summed E-state index contributed by atoms with van der Waals surface area (Å²) in [6.07, 6.45) is 3.41. The Labute approximate surface area is 90.1 Å². The third kappa shape index (κ3) is 3.91. The third-order valence-corrected chi connectivity index (χ3v) is 2.25. The van der Waals surface area contributed by atoms with Crippen LogP contribution in [0.2, 0.25) is 0 Å². The number of nitrogens with two attached hydrogens (primary N) is 1. The van der Waals surface area contributed by atoms with E-state index < -0.39 is 0 Å². The summed E-state index contributed by atoms with van der Waals surface area (Å²) in [6, 6.07) is 1.92. The molecular formula is C10H18N4O. The van der Waals surface area contributed by atoms with Gasteiger partial charge in [-0.3, -0.25) is 0 Å². The number of nitrogens with zero attached hydrogens (tertiary/aromatic N) is 2. The van der Waals surface area contributed by atoms with Gasteiger partial charge in [-0.15, -0.1) is 0 Å². The molecule has 1 aromatic rings. The number of ether oxygens (including phenoxy) is 1. The average Bonchev–Trinajstić information content (AvgIpc) is 2.31. The van der Waals surface area contributed by atoms with Crippen LogP contribution >= 0.6 is 0 Å². The second-order valence-electron chi connectivity index (χ2n) is 3.38. The normalized spacial score (nSPS) is 14.9. The lowest BCUT2D eigenvalue weighted by atomic mass is 10.2. The highest BCUT2D eigenvalue weighted by molar-refractivity contribution is 5.05. The number of rotatable bonds is 6. The molecule has 84 valence electrons. The summed E-state index contributed by atoms with van der Waals surface area (Å²) in [4.78, 5) is 8.03. The highest BCUT2D eigenvalue weighted by atomic mass is 16.5. The first-order chi connectivity index (χ1) is 7.27. The summed E-state index contributed by atoms with van der Waals surface area (Å²) >= 11 is 0. The monoisotopic (exact) mass is 210 g/mol. The van der Waals surface area contributed by atoms with E-state index in [1.54, 1.807) is 13.3 Å². The van der Waals surface area contributed by atoms with E-state index in [4.69, 9.17) is 10.5 Å². The van der Waals surface area contributed by atoms with Gasteiger partial charge >= 0.3 is 0 Å². The lowest BCUT2D eigenvalue weighted by Crippen LogP contribution is -2.34. The van der Waals surface area contributed by atoms with Crippen LogP contribution in [-0.4, -0.2) is 36.3 Å². The Morgan fingerprint density at radius 2 is 2.40 bits per heavy atom. The topological polar surface area (TPSA) is 73.1 Å². The summed E-state index contributed by atoms with van der Waals surface area (Å²) in [6.45, 7) is 3.26. The Hall–Kier alpha value is -1.04. The highest BCUT2D eigenvalue weighted by Crippen LogP contribution is 2.06. The smallest absolute Gasteiger partial charge is 0.115 e. The molecule has 5 nitrogen and oxygen atoms in total. The second-order valence-corrected chi connectivity index (χ2v) is 3.38. The molecule has 0 aliphatic heterocycles. The Kier molecular flexibility index (Phi) is 5.17. The molecule has 0 spiro atoms. The van der Waals surface area contributed by atoms with Crippen LogP contribution in [0.25, 0.3) is 0 Å². The molecule has 0 saturated carbocycles. The molecule has 0 amide bonds. The maximum absolute atomic E-state index is 5.67. The minimum Gasteiger partial charge on any atom is -0.380 e. The SMILES string of the molecule is COC(C)CNC(CN)c1ccncn1. The first-order valence-electron chi connectivity index (χ1n) is 5.00. The first-order valence-corrected chi connectivity index (χ1v) is 5.00. The van der Waals surface area contributed by atoms with Crippen molar-refractivity contribution in [3.05, 3.63) is 24.3 Å².